The van der Waals surface area contributed by atoms with E-state index in [0.717, 1.165) is 12.8 Å². The lowest BCUT2D eigenvalue weighted by Gasteiger charge is -2.21. The number of hydrogen-bond donors (Lipinski definition) is 4. The molecule has 1 aliphatic carbocycles. The maximum absolute atomic E-state index is 12.2. The quantitative estimate of drug-likeness (QED) is 0.438. The lowest BCUT2D eigenvalue weighted by Crippen LogP contribution is -2.56. The van der Waals surface area contributed by atoms with Gasteiger partial charge in [0.25, 0.3) is 11.8 Å². The fourth-order valence-electron chi connectivity index (χ4n) is 1.89. The summed E-state index contributed by atoms with van der Waals surface area (Å²) in [5, 5.41) is 6.89. The smallest absolute Gasteiger partial charge is 0.327 e. The molecule has 130 valence electrons. The van der Waals surface area contributed by atoms with E-state index in [1.54, 1.807) is 31.4 Å². The molecule has 0 aliphatic heterocycles. The lowest BCUT2D eigenvalue weighted by atomic mass is 10.0. The van der Waals surface area contributed by atoms with E-state index >= 15 is 0 Å². The SMILES string of the molecule is CC(C)[C@@H](NC(=O)c1cccs1)C(=O)NNC(=O)C(=O)NC1CC1. The highest BCUT2D eigenvalue weighted by Crippen LogP contribution is 2.18. The topological polar surface area (TPSA) is 116 Å². The van der Waals surface area contributed by atoms with Crippen LogP contribution in [0.15, 0.2) is 17.5 Å². The molecule has 1 heterocycles. The Hall–Kier alpha value is -2.42. The van der Waals surface area contributed by atoms with Crippen LogP contribution < -0.4 is 21.5 Å². The molecule has 1 saturated carbocycles. The Morgan fingerprint density at radius 1 is 1.12 bits per heavy atom. The average molecular weight is 352 g/mol. The van der Waals surface area contributed by atoms with Gasteiger partial charge in [0, 0.05) is 6.04 Å². The number of amides is 4. The third kappa shape index (κ3) is 5.05. The van der Waals surface area contributed by atoms with Gasteiger partial charge in [-0.1, -0.05) is 19.9 Å². The maximum Gasteiger partial charge on any atom is 0.327 e. The first-order valence-corrected chi connectivity index (χ1v) is 8.51. The minimum atomic E-state index is -0.942. The van der Waals surface area contributed by atoms with E-state index in [0.29, 0.717) is 4.88 Å². The summed E-state index contributed by atoms with van der Waals surface area (Å²) < 4.78 is 0. The monoisotopic (exact) mass is 352 g/mol. The van der Waals surface area contributed by atoms with Gasteiger partial charge in [-0.15, -0.1) is 11.3 Å². The minimum absolute atomic E-state index is 0.0486. The molecule has 0 saturated heterocycles. The van der Waals surface area contributed by atoms with Crippen molar-refractivity contribution in [1.82, 2.24) is 21.5 Å². The summed E-state index contributed by atoms with van der Waals surface area (Å²) in [5.41, 5.74) is 4.24. The van der Waals surface area contributed by atoms with Crippen molar-refractivity contribution in [3.8, 4) is 0 Å². The highest BCUT2D eigenvalue weighted by molar-refractivity contribution is 7.12. The van der Waals surface area contributed by atoms with Gasteiger partial charge in [-0.2, -0.15) is 0 Å². The number of carbonyl (C=O) groups excluding carboxylic acids is 4. The van der Waals surface area contributed by atoms with E-state index in [2.05, 4.69) is 21.5 Å². The molecule has 4 amide bonds. The zero-order valence-electron chi connectivity index (χ0n) is 13.4. The zero-order valence-corrected chi connectivity index (χ0v) is 14.2. The summed E-state index contributed by atoms with van der Waals surface area (Å²) in [5.74, 6) is -2.89. The van der Waals surface area contributed by atoms with Gasteiger partial charge in [-0.25, -0.2) is 0 Å². The molecule has 0 spiro atoms. The van der Waals surface area contributed by atoms with Gasteiger partial charge in [0.05, 0.1) is 4.88 Å². The van der Waals surface area contributed by atoms with Crippen LogP contribution in [0.25, 0.3) is 0 Å². The first-order chi connectivity index (χ1) is 11.4. The van der Waals surface area contributed by atoms with E-state index in [1.165, 1.54) is 11.3 Å². The van der Waals surface area contributed by atoms with Crippen LogP contribution in [0.4, 0.5) is 0 Å². The Bertz CT molecular complexity index is 625. The number of thiophene rings is 1. The lowest BCUT2D eigenvalue weighted by molar-refractivity contribution is -0.141. The summed E-state index contributed by atoms with van der Waals surface area (Å²) in [7, 11) is 0. The number of carbonyl (C=O) groups is 4. The van der Waals surface area contributed by atoms with Gasteiger partial charge < -0.3 is 10.6 Å². The van der Waals surface area contributed by atoms with Crippen LogP contribution in [0.2, 0.25) is 0 Å². The molecule has 8 nitrogen and oxygen atoms in total. The molecule has 1 aromatic rings. The number of hydrazine groups is 1. The predicted molar refractivity (Wildman–Crippen MR) is 87.9 cm³/mol. The first-order valence-electron chi connectivity index (χ1n) is 7.63. The second kappa shape index (κ2) is 7.91. The van der Waals surface area contributed by atoms with Crippen molar-refractivity contribution in [2.45, 2.75) is 38.8 Å². The van der Waals surface area contributed by atoms with Crippen molar-refractivity contribution < 1.29 is 19.2 Å². The molecule has 1 aliphatic rings. The fraction of sp³-hybridized carbons (Fsp3) is 0.467. The van der Waals surface area contributed by atoms with E-state index in [-0.39, 0.29) is 17.9 Å². The highest BCUT2D eigenvalue weighted by atomic mass is 32.1. The molecule has 1 aromatic heterocycles. The number of rotatable bonds is 5. The van der Waals surface area contributed by atoms with Crippen LogP contribution in [0.1, 0.15) is 36.4 Å². The van der Waals surface area contributed by atoms with Gasteiger partial charge in [-0.3, -0.25) is 30.0 Å². The summed E-state index contributed by atoms with van der Waals surface area (Å²) >= 11 is 1.26. The average Bonchev–Trinajstić information content (AvgIpc) is 3.17. The normalized spacial score (nSPS) is 14.6. The Morgan fingerprint density at radius 3 is 2.38 bits per heavy atom. The molecule has 24 heavy (non-hydrogen) atoms. The Kier molecular flexibility index (Phi) is 5.91. The van der Waals surface area contributed by atoms with Crippen LogP contribution in [-0.4, -0.2) is 35.7 Å². The molecule has 4 N–H and O–H groups in total. The predicted octanol–water partition coefficient (Wildman–Crippen LogP) is -0.0715. The van der Waals surface area contributed by atoms with E-state index in [4.69, 9.17) is 0 Å². The second-order valence-corrected chi connectivity index (χ2v) is 6.81. The van der Waals surface area contributed by atoms with Crippen LogP contribution in [-0.2, 0) is 14.4 Å². The van der Waals surface area contributed by atoms with Gasteiger partial charge in [0.2, 0.25) is 0 Å². The van der Waals surface area contributed by atoms with E-state index in [9.17, 15) is 19.2 Å². The summed E-state index contributed by atoms with van der Waals surface area (Å²) in [4.78, 5) is 47.8. The standard InChI is InChI=1S/C15H20N4O4S/c1-8(2)11(17-12(20)10-4-3-7-24-10)13(21)18-19-15(23)14(22)16-9-5-6-9/h3-4,7-9,11H,5-6H2,1-2H3,(H,16,22)(H,17,20)(H,18,21)(H,19,23)/t11-/m1/s1. The molecular weight excluding hydrogens is 332 g/mol. The molecule has 0 bridgehead atoms. The molecule has 0 aromatic carbocycles. The highest BCUT2D eigenvalue weighted by Gasteiger charge is 2.28. The summed E-state index contributed by atoms with van der Waals surface area (Å²) in [6.07, 6.45) is 1.71. The maximum atomic E-state index is 12.2. The van der Waals surface area contributed by atoms with Crippen molar-refractivity contribution >= 4 is 35.0 Å². The van der Waals surface area contributed by atoms with Crippen molar-refractivity contribution in [3.63, 3.8) is 0 Å². The third-order valence-electron chi connectivity index (χ3n) is 3.40. The molecule has 1 atom stereocenters. The number of nitrogens with one attached hydrogen (secondary N) is 4. The molecule has 2 rings (SSSR count). The molecule has 0 unspecified atom stereocenters. The summed E-state index contributed by atoms with van der Waals surface area (Å²) in [6.45, 7) is 3.53. The second-order valence-electron chi connectivity index (χ2n) is 5.86. The largest absolute Gasteiger partial charge is 0.345 e. The summed E-state index contributed by atoms with van der Waals surface area (Å²) in [6, 6.07) is 2.60. The molecule has 9 heteroatoms. The van der Waals surface area contributed by atoms with Crippen molar-refractivity contribution in [1.29, 1.82) is 0 Å². The first kappa shape index (κ1) is 17.9. The van der Waals surface area contributed by atoms with Gasteiger partial charge in [0.1, 0.15) is 6.04 Å². The number of hydrogen-bond acceptors (Lipinski definition) is 5. The third-order valence-corrected chi connectivity index (χ3v) is 4.27. The Balaban J connectivity index is 1.85. The van der Waals surface area contributed by atoms with E-state index in [1.807, 2.05) is 0 Å². The van der Waals surface area contributed by atoms with Gasteiger partial charge >= 0.3 is 11.8 Å². The molecule has 0 radical (unpaired) electrons. The van der Waals surface area contributed by atoms with Crippen molar-refractivity contribution in [2.75, 3.05) is 0 Å². The zero-order chi connectivity index (χ0) is 17.7. The van der Waals surface area contributed by atoms with Gasteiger partial charge in [0.15, 0.2) is 0 Å². The Morgan fingerprint density at radius 2 is 1.83 bits per heavy atom. The van der Waals surface area contributed by atoms with Crippen LogP contribution in [0.5, 0.6) is 0 Å². The molecular formula is C15H20N4O4S. The van der Waals surface area contributed by atoms with Crippen LogP contribution in [0.3, 0.4) is 0 Å². The van der Waals surface area contributed by atoms with E-state index < -0.39 is 23.8 Å². The fourth-order valence-corrected chi connectivity index (χ4v) is 2.51. The minimum Gasteiger partial charge on any atom is -0.345 e. The van der Waals surface area contributed by atoms with Gasteiger partial charge in [-0.05, 0) is 30.2 Å². The van der Waals surface area contributed by atoms with Crippen molar-refractivity contribution in [2.24, 2.45) is 5.92 Å². The van der Waals surface area contributed by atoms with Crippen molar-refractivity contribution in [3.05, 3.63) is 22.4 Å². The van der Waals surface area contributed by atoms with Crippen LogP contribution >= 0.6 is 11.3 Å². The van der Waals surface area contributed by atoms with Crippen LogP contribution in [0, 0.1) is 5.92 Å². The Labute approximate surface area is 143 Å². The molecule has 1 fully saturated rings.